The van der Waals surface area contributed by atoms with Crippen LogP contribution in [0.15, 0.2) is 156 Å². The van der Waals surface area contributed by atoms with E-state index >= 15 is 0 Å². The lowest BCUT2D eigenvalue weighted by Gasteiger charge is -2.28. The first-order valence-electron chi connectivity index (χ1n) is 16.4. The SMILES string of the molecule is N#Cc1ccc(-c2cc(-c3ccc(C#N)cc3)cc(N3c4ccccc4C=Cc4cc(-c5cccc6c5oc5ccccc56)ccc43)c2)cc1. The zero-order chi connectivity index (χ0) is 33.6. The first kappa shape index (κ1) is 29.0. The van der Waals surface area contributed by atoms with Gasteiger partial charge in [-0.1, -0.05) is 97.1 Å². The molecule has 1 aromatic heterocycles. The van der Waals surface area contributed by atoms with Crippen LogP contribution in [-0.4, -0.2) is 0 Å². The molecule has 1 aliphatic heterocycles. The van der Waals surface area contributed by atoms with Gasteiger partial charge in [0.15, 0.2) is 0 Å². The van der Waals surface area contributed by atoms with Gasteiger partial charge in [0.1, 0.15) is 11.2 Å². The van der Waals surface area contributed by atoms with Crippen LogP contribution in [0.1, 0.15) is 22.3 Å². The van der Waals surface area contributed by atoms with E-state index < -0.39 is 0 Å². The van der Waals surface area contributed by atoms with E-state index in [9.17, 15) is 10.5 Å². The van der Waals surface area contributed by atoms with Crippen LogP contribution in [0.4, 0.5) is 17.1 Å². The molecule has 0 bridgehead atoms. The maximum Gasteiger partial charge on any atom is 0.143 e. The summed E-state index contributed by atoms with van der Waals surface area (Å²) in [6, 6.07) is 56.1. The largest absolute Gasteiger partial charge is 0.455 e. The molecule has 7 aromatic carbocycles. The predicted octanol–water partition coefficient (Wildman–Crippen LogP) is 12.3. The fourth-order valence-corrected chi connectivity index (χ4v) is 7.00. The van der Waals surface area contributed by atoms with Crippen LogP contribution in [0.25, 0.3) is 67.5 Å². The Labute approximate surface area is 289 Å². The van der Waals surface area contributed by atoms with Crippen LogP contribution in [-0.2, 0) is 0 Å². The first-order valence-corrected chi connectivity index (χ1v) is 16.4. The molecule has 9 rings (SSSR count). The fourth-order valence-electron chi connectivity index (χ4n) is 7.00. The van der Waals surface area contributed by atoms with Crippen molar-refractivity contribution in [2.45, 2.75) is 0 Å². The molecular formula is C46H27N3O. The minimum atomic E-state index is 0.618. The molecule has 0 fully saturated rings. The van der Waals surface area contributed by atoms with Gasteiger partial charge in [0.25, 0.3) is 0 Å². The van der Waals surface area contributed by atoms with Crippen molar-refractivity contribution in [3.8, 4) is 45.5 Å². The van der Waals surface area contributed by atoms with E-state index in [0.717, 1.165) is 83.5 Å². The van der Waals surface area contributed by atoms with Gasteiger partial charge in [-0.2, -0.15) is 10.5 Å². The number of hydrogen-bond acceptors (Lipinski definition) is 4. The van der Waals surface area contributed by atoms with Crippen molar-refractivity contribution >= 4 is 51.2 Å². The number of rotatable bonds is 4. The quantitative estimate of drug-likeness (QED) is 0.193. The summed E-state index contributed by atoms with van der Waals surface area (Å²) >= 11 is 0. The topological polar surface area (TPSA) is 64.0 Å². The average Bonchev–Trinajstić information content (AvgIpc) is 3.48. The number of anilines is 3. The van der Waals surface area contributed by atoms with Crippen LogP contribution in [0, 0.1) is 22.7 Å². The molecule has 0 saturated heterocycles. The lowest BCUT2D eigenvalue weighted by molar-refractivity contribution is 0.670. The molecule has 0 spiro atoms. The standard InChI is InChI=1S/C46H27N3O/c47-28-30-12-16-32(17-13-30)37-25-38(33-18-14-31(29-48)15-19-33)27-39(26-37)49-43-10-3-1-6-34(43)20-21-36-24-35(22-23-44(36)49)40-8-5-9-42-41-7-2-4-11-45(41)50-46(40)42/h1-27H. The molecule has 1 aliphatic rings. The third-order valence-corrected chi connectivity index (χ3v) is 9.47. The monoisotopic (exact) mass is 637 g/mol. The molecule has 0 aliphatic carbocycles. The van der Waals surface area contributed by atoms with Gasteiger partial charge in [0.05, 0.1) is 34.6 Å². The van der Waals surface area contributed by atoms with Crippen LogP contribution in [0.3, 0.4) is 0 Å². The summed E-state index contributed by atoms with van der Waals surface area (Å²) in [6.45, 7) is 0. The Hall–Kier alpha value is -7.14. The Morgan fingerprint density at radius 1 is 0.460 bits per heavy atom. The number of para-hydroxylation sites is 3. The molecule has 4 nitrogen and oxygen atoms in total. The highest BCUT2D eigenvalue weighted by Gasteiger charge is 2.22. The minimum Gasteiger partial charge on any atom is -0.455 e. The Kier molecular flexibility index (Phi) is 6.87. The number of nitrogens with zero attached hydrogens (tertiary/aromatic N) is 3. The van der Waals surface area contributed by atoms with Gasteiger partial charge in [-0.3, -0.25) is 0 Å². The van der Waals surface area contributed by atoms with E-state index in [-0.39, 0.29) is 0 Å². The zero-order valence-electron chi connectivity index (χ0n) is 26.8. The number of benzene rings is 7. The van der Waals surface area contributed by atoms with Gasteiger partial charge in [-0.15, -0.1) is 0 Å². The van der Waals surface area contributed by atoms with Crippen LogP contribution in [0.2, 0.25) is 0 Å². The molecule has 0 atom stereocenters. The van der Waals surface area contributed by atoms with Crippen molar-refractivity contribution in [2.24, 2.45) is 0 Å². The molecule has 0 N–H and O–H groups in total. The zero-order valence-corrected chi connectivity index (χ0v) is 26.8. The number of hydrogen-bond donors (Lipinski definition) is 0. The van der Waals surface area contributed by atoms with Gasteiger partial charge in [0.2, 0.25) is 0 Å². The van der Waals surface area contributed by atoms with Crippen molar-refractivity contribution < 1.29 is 4.42 Å². The third-order valence-electron chi connectivity index (χ3n) is 9.47. The highest BCUT2D eigenvalue weighted by molar-refractivity contribution is 6.10. The van der Waals surface area contributed by atoms with Gasteiger partial charge in [0, 0.05) is 22.0 Å². The average molecular weight is 638 g/mol. The summed E-state index contributed by atoms with van der Waals surface area (Å²) < 4.78 is 6.42. The highest BCUT2D eigenvalue weighted by Crippen LogP contribution is 2.46. The number of nitriles is 2. The van der Waals surface area contributed by atoms with Crippen molar-refractivity contribution in [3.63, 3.8) is 0 Å². The molecule has 0 unspecified atom stereocenters. The van der Waals surface area contributed by atoms with Gasteiger partial charge in [-0.05, 0) is 106 Å². The summed E-state index contributed by atoms with van der Waals surface area (Å²) in [4.78, 5) is 2.33. The summed E-state index contributed by atoms with van der Waals surface area (Å²) in [5, 5.41) is 21.1. The molecule has 2 heterocycles. The van der Waals surface area contributed by atoms with E-state index in [2.05, 4.69) is 114 Å². The fraction of sp³-hybridized carbons (Fsp3) is 0. The maximum absolute atomic E-state index is 9.45. The summed E-state index contributed by atoms with van der Waals surface area (Å²) in [5.41, 5.74) is 14.5. The Balaban J connectivity index is 1.25. The second-order valence-corrected chi connectivity index (χ2v) is 12.4. The van der Waals surface area contributed by atoms with Crippen molar-refractivity contribution in [2.75, 3.05) is 4.90 Å². The summed E-state index contributed by atoms with van der Waals surface area (Å²) in [7, 11) is 0. The molecule has 50 heavy (non-hydrogen) atoms. The molecule has 4 heteroatoms. The molecule has 0 saturated carbocycles. The first-order chi connectivity index (χ1) is 24.7. The van der Waals surface area contributed by atoms with Gasteiger partial charge in [-0.25, -0.2) is 0 Å². The lowest BCUT2D eigenvalue weighted by Crippen LogP contribution is -2.12. The van der Waals surface area contributed by atoms with E-state index in [1.54, 1.807) is 0 Å². The van der Waals surface area contributed by atoms with E-state index in [4.69, 9.17) is 4.42 Å². The molecule has 0 radical (unpaired) electrons. The molecule has 8 aromatic rings. The Bertz CT molecular complexity index is 2640. The number of furan rings is 1. The Morgan fingerprint density at radius 2 is 1.06 bits per heavy atom. The second kappa shape index (κ2) is 11.8. The normalized spacial score (nSPS) is 11.8. The van der Waals surface area contributed by atoms with Crippen molar-refractivity contribution in [1.29, 1.82) is 10.5 Å². The van der Waals surface area contributed by atoms with Crippen molar-refractivity contribution in [1.82, 2.24) is 0 Å². The summed E-state index contributed by atoms with van der Waals surface area (Å²) in [6.07, 6.45) is 4.38. The van der Waals surface area contributed by atoms with Gasteiger partial charge < -0.3 is 9.32 Å². The molecular weight excluding hydrogens is 611 g/mol. The molecule has 0 amide bonds. The molecule has 232 valence electrons. The highest BCUT2D eigenvalue weighted by atomic mass is 16.3. The lowest BCUT2D eigenvalue weighted by atomic mass is 9.95. The minimum absolute atomic E-state index is 0.618. The van der Waals surface area contributed by atoms with E-state index in [0.29, 0.717) is 11.1 Å². The number of fused-ring (bicyclic) bond motifs is 5. The smallest absolute Gasteiger partial charge is 0.143 e. The van der Waals surface area contributed by atoms with E-state index in [1.807, 2.05) is 66.7 Å². The maximum atomic E-state index is 9.45. The predicted molar refractivity (Wildman–Crippen MR) is 203 cm³/mol. The second-order valence-electron chi connectivity index (χ2n) is 12.4. The van der Waals surface area contributed by atoms with Crippen LogP contribution in [0.5, 0.6) is 0 Å². The van der Waals surface area contributed by atoms with Crippen molar-refractivity contribution in [3.05, 3.63) is 174 Å². The van der Waals surface area contributed by atoms with E-state index in [1.165, 1.54) is 0 Å². The third kappa shape index (κ3) is 4.92. The van der Waals surface area contributed by atoms with Gasteiger partial charge >= 0.3 is 0 Å². The Morgan fingerprint density at radius 3 is 1.78 bits per heavy atom. The summed E-state index contributed by atoms with van der Waals surface area (Å²) in [5.74, 6) is 0. The van der Waals surface area contributed by atoms with Crippen LogP contribution < -0.4 is 4.90 Å². The van der Waals surface area contributed by atoms with Crippen LogP contribution >= 0.6 is 0 Å².